The Kier molecular flexibility index (Phi) is 6.18. The molecule has 0 atom stereocenters. The van der Waals surface area contributed by atoms with E-state index in [0.717, 1.165) is 17.1 Å². The van der Waals surface area contributed by atoms with Crippen LogP contribution in [0.5, 0.6) is 0 Å². The van der Waals surface area contributed by atoms with E-state index in [0.29, 0.717) is 0 Å². The number of para-hydroxylation sites is 1. The highest BCUT2D eigenvalue weighted by Gasteiger charge is 2.13. The van der Waals surface area contributed by atoms with Gasteiger partial charge in [0.25, 0.3) is 0 Å². The van der Waals surface area contributed by atoms with Crippen LogP contribution in [-0.4, -0.2) is 0 Å². The van der Waals surface area contributed by atoms with Gasteiger partial charge < -0.3 is 4.90 Å². The van der Waals surface area contributed by atoms with Crippen LogP contribution in [-0.2, 0) is 0 Å². The van der Waals surface area contributed by atoms with Gasteiger partial charge in [0, 0.05) is 26.6 Å². The molecule has 1 aromatic heterocycles. The summed E-state index contributed by atoms with van der Waals surface area (Å²) < 4.78 is 1.32. The van der Waals surface area contributed by atoms with E-state index in [1.54, 1.807) is 0 Å². The first-order valence-electron chi connectivity index (χ1n) is 12.1. The second kappa shape index (κ2) is 10.1. The first-order valence-corrected chi connectivity index (χ1v) is 12.9. The lowest BCUT2D eigenvalue weighted by Crippen LogP contribution is -2.09. The van der Waals surface area contributed by atoms with E-state index in [4.69, 9.17) is 0 Å². The van der Waals surface area contributed by atoms with Crippen molar-refractivity contribution in [3.8, 4) is 10.4 Å². The molecule has 0 saturated carbocycles. The lowest BCUT2D eigenvalue weighted by molar-refractivity contribution is 1.28. The predicted octanol–water partition coefficient (Wildman–Crippen LogP) is 10.2. The molecule has 0 radical (unpaired) electrons. The van der Waals surface area contributed by atoms with Crippen molar-refractivity contribution >= 4 is 50.6 Å². The van der Waals surface area contributed by atoms with Gasteiger partial charge in [-0.05, 0) is 70.6 Å². The van der Waals surface area contributed by atoms with Crippen molar-refractivity contribution in [2.75, 3.05) is 4.90 Å². The van der Waals surface area contributed by atoms with Crippen LogP contribution in [0.1, 0.15) is 11.1 Å². The summed E-state index contributed by atoms with van der Waals surface area (Å²) in [5, 5.41) is 1.30. The molecule has 172 valence electrons. The molecule has 6 rings (SSSR count). The number of benzene rings is 5. The van der Waals surface area contributed by atoms with E-state index in [2.05, 4.69) is 151 Å². The maximum Gasteiger partial charge on any atom is 0.0462 e. The van der Waals surface area contributed by atoms with E-state index in [9.17, 15) is 0 Å². The fourth-order valence-electron chi connectivity index (χ4n) is 4.41. The molecule has 0 amide bonds. The largest absolute Gasteiger partial charge is 0.311 e. The van der Waals surface area contributed by atoms with Gasteiger partial charge in [-0.2, -0.15) is 0 Å². The molecule has 0 aliphatic rings. The maximum absolute atomic E-state index is 2.30. The average molecular weight is 480 g/mol. The summed E-state index contributed by atoms with van der Waals surface area (Å²) in [5.74, 6) is 0. The minimum absolute atomic E-state index is 1.13. The van der Waals surface area contributed by atoms with E-state index >= 15 is 0 Å². The highest BCUT2D eigenvalue weighted by Crippen LogP contribution is 2.38. The number of anilines is 3. The summed E-state index contributed by atoms with van der Waals surface area (Å²) in [6, 6.07) is 49.4. The molecule has 0 saturated heterocycles. The molecule has 0 fully saturated rings. The molecular formula is C34H25NS. The van der Waals surface area contributed by atoms with Gasteiger partial charge in [0.15, 0.2) is 0 Å². The second-order valence-electron chi connectivity index (χ2n) is 8.70. The van der Waals surface area contributed by atoms with Crippen molar-refractivity contribution in [1.29, 1.82) is 0 Å². The Morgan fingerprint density at radius 2 is 1.00 bits per heavy atom. The lowest BCUT2D eigenvalue weighted by Gasteiger charge is -2.25. The van der Waals surface area contributed by atoms with Crippen LogP contribution in [0.2, 0.25) is 0 Å². The fourth-order valence-corrected chi connectivity index (χ4v) is 5.48. The number of hydrogen-bond acceptors (Lipinski definition) is 2. The van der Waals surface area contributed by atoms with Crippen LogP contribution >= 0.6 is 11.3 Å². The molecule has 2 heteroatoms. The molecular weight excluding hydrogens is 454 g/mol. The third-order valence-corrected chi connectivity index (χ3v) is 7.43. The van der Waals surface area contributed by atoms with Gasteiger partial charge in [-0.1, -0.05) is 103 Å². The summed E-state index contributed by atoms with van der Waals surface area (Å²) in [7, 11) is 0. The number of hydrogen-bond donors (Lipinski definition) is 0. The van der Waals surface area contributed by atoms with Gasteiger partial charge in [0.05, 0.1) is 0 Å². The third-order valence-electron chi connectivity index (χ3n) is 6.27. The Balaban J connectivity index is 1.31. The van der Waals surface area contributed by atoms with E-state index in [-0.39, 0.29) is 0 Å². The molecule has 0 spiro atoms. The van der Waals surface area contributed by atoms with E-state index in [1.807, 2.05) is 17.4 Å². The van der Waals surface area contributed by atoms with Crippen LogP contribution in [0.25, 0.3) is 32.7 Å². The second-order valence-corrected chi connectivity index (χ2v) is 9.79. The summed E-state index contributed by atoms with van der Waals surface area (Å²) in [4.78, 5) is 3.60. The van der Waals surface area contributed by atoms with Gasteiger partial charge in [-0.25, -0.2) is 0 Å². The molecule has 0 aliphatic carbocycles. The van der Waals surface area contributed by atoms with Gasteiger partial charge in [0.2, 0.25) is 0 Å². The minimum atomic E-state index is 1.13. The molecule has 5 aromatic carbocycles. The first kappa shape index (κ1) is 22.1. The van der Waals surface area contributed by atoms with Crippen molar-refractivity contribution in [3.05, 3.63) is 151 Å². The minimum Gasteiger partial charge on any atom is -0.311 e. The van der Waals surface area contributed by atoms with Crippen molar-refractivity contribution in [2.45, 2.75) is 0 Å². The SMILES string of the molecule is C(=C/c1ccc(N(c2ccccc2)c2ccc(-c3cc4ccccc4s3)cc2)cc1)/c1ccccc1. The number of thiophene rings is 1. The molecule has 0 aliphatic heterocycles. The normalized spacial score (nSPS) is 11.2. The molecule has 36 heavy (non-hydrogen) atoms. The quantitative estimate of drug-likeness (QED) is 0.215. The Bertz CT molecular complexity index is 1560. The lowest BCUT2D eigenvalue weighted by atomic mass is 10.1. The van der Waals surface area contributed by atoms with Crippen molar-refractivity contribution in [3.63, 3.8) is 0 Å². The highest BCUT2D eigenvalue weighted by atomic mass is 32.1. The molecule has 1 nitrogen and oxygen atoms in total. The molecule has 0 unspecified atom stereocenters. The first-order chi connectivity index (χ1) is 17.8. The van der Waals surface area contributed by atoms with Crippen molar-refractivity contribution < 1.29 is 0 Å². The van der Waals surface area contributed by atoms with Crippen LogP contribution in [0.15, 0.2) is 140 Å². The Morgan fingerprint density at radius 3 is 1.67 bits per heavy atom. The summed E-state index contributed by atoms with van der Waals surface area (Å²) in [6.45, 7) is 0. The summed E-state index contributed by atoms with van der Waals surface area (Å²) >= 11 is 1.84. The van der Waals surface area contributed by atoms with Crippen LogP contribution < -0.4 is 4.90 Å². The van der Waals surface area contributed by atoms with Gasteiger partial charge in [0.1, 0.15) is 0 Å². The molecule has 0 N–H and O–H groups in total. The van der Waals surface area contributed by atoms with Crippen molar-refractivity contribution in [1.82, 2.24) is 0 Å². The standard InChI is InChI=1S/C34H25NS/c1-3-9-26(10-4-1)15-16-27-17-21-31(22-18-27)35(30-12-5-2-6-13-30)32-23-19-28(20-24-32)34-25-29-11-7-8-14-33(29)36-34/h1-25H/b16-15-. The predicted molar refractivity (Wildman–Crippen MR) is 157 cm³/mol. The molecule has 1 heterocycles. The Morgan fingerprint density at radius 1 is 0.472 bits per heavy atom. The van der Waals surface area contributed by atoms with Crippen LogP contribution in [0.3, 0.4) is 0 Å². The molecule has 0 bridgehead atoms. The zero-order valence-electron chi connectivity index (χ0n) is 19.8. The number of fused-ring (bicyclic) bond motifs is 1. The van der Waals surface area contributed by atoms with Crippen LogP contribution in [0.4, 0.5) is 17.1 Å². The topological polar surface area (TPSA) is 3.24 Å². The summed E-state index contributed by atoms with van der Waals surface area (Å²) in [5.41, 5.74) is 7.03. The number of nitrogens with zero attached hydrogens (tertiary/aromatic N) is 1. The summed E-state index contributed by atoms with van der Waals surface area (Å²) in [6.07, 6.45) is 4.31. The number of rotatable bonds is 6. The highest BCUT2D eigenvalue weighted by molar-refractivity contribution is 7.22. The van der Waals surface area contributed by atoms with Gasteiger partial charge in [-0.15, -0.1) is 11.3 Å². The monoisotopic (exact) mass is 479 g/mol. The van der Waals surface area contributed by atoms with Crippen LogP contribution in [0, 0.1) is 0 Å². The van der Waals surface area contributed by atoms with Gasteiger partial charge >= 0.3 is 0 Å². The zero-order valence-corrected chi connectivity index (χ0v) is 20.6. The van der Waals surface area contributed by atoms with Crippen molar-refractivity contribution in [2.24, 2.45) is 0 Å². The smallest absolute Gasteiger partial charge is 0.0462 e. The average Bonchev–Trinajstić information content (AvgIpc) is 3.39. The van der Waals surface area contributed by atoms with E-state index in [1.165, 1.54) is 31.7 Å². The fraction of sp³-hybridized carbons (Fsp3) is 0. The van der Waals surface area contributed by atoms with E-state index < -0.39 is 0 Å². The Labute approximate surface area is 216 Å². The Hall–Kier alpha value is -4.40. The van der Waals surface area contributed by atoms with Gasteiger partial charge in [-0.3, -0.25) is 0 Å². The third kappa shape index (κ3) is 4.72. The maximum atomic E-state index is 2.30. The zero-order chi connectivity index (χ0) is 24.2. The molecule has 6 aromatic rings.